The number of morpholine rings is 1. The van der Waals surface area contributed by atoms with E-state index in [9.17, 15) is 9.18 Å². The molecule has 2 aromatic carbocycles. The molecule has 5 nitrogen and oxygen atoms in total. The number of halogens is 3. The molecule has 0 spiro atoms. The summed E-state index contributed by atoms with van der Waals surface area (Å²) in [5.41, 5.74) is 4.82. The summed E-state index contributed by atoms with van der Waals surface area (Å²) in [6.07, 6.45) is 2.23. The zero-order chi connectivity index (χ0) is 20.9. The number of amides is 1. The number of aromatic nitrogens is 1. The molecular weight excluding hydrogens is 452 g/mol. The molecule has 170 valence electrons. The summed E-state index contributed by atoms with van der Waals surface area (Å²) >= 11 is 0. The van der Waals surface area contributed by atoms with Crippen LogP contribution in [0.4, 0.5) is 15.9 Å². The van der Waals surface area contributed by atoms with E-state index in [1.54, 1.807) is 12.3 Å². The number of rotatable bonds is 5. The Hall–Kier alpha value is -2.67. The molecule has 1 saturated heterocycles. The van der Waals surface area contributed by atoms with Crippen LogP contribution in [0.1, 0.15) is 18.1 Å². The molecule has 8 heteroatoms. The predicted octanol–water partition coefficient (Wildman–Crippen LogP) is 5.12. The minimum absolute atomic E-state index is 0. The van der Waals surface area contributed by atoms with Gasteiger partial charge in [0.25, 0.3) is 0 Å². The van der Waals surface area contributed by atoms with E-state index in [-0.39, 0.29) is 36.5 Å². The second-order valence-corrected chi connectivity index (χ2v) is 7.37. The van der Waals surface area contributed by atoms with Crippen LogP contribution in [0.15, 0.2) is 60.8 Å². The Kier molecular flexibility index (Phi) is 9.44. The number of anilines is 2. The lowest BCUT2D eigenvalue weighted by Gasteiger charge is -2.28. The SMILES string of the molecule is CC(=O)Nc1ncc(-c2ccc(N3CCOCC3)cc2)cc1Cc1cccc(F)c1.Cl.Cl. The van der Waals surface area contributed by atoms with Gasteiger partial charge in [-0.1, -0.05) is 24.3 Å². The fourth-order valence-electron chi connectivity index (χ4n) is 3.64. The van der Waals surface area contributed by atoms with Gasteiger partial charge in [0, 0.05) is 43.9 Å². The van der Waals surface area contributed by atoms with Gasteiger partial charge in [-0.3, -0.25) is 4.79 Å². The highest BCUT2D eigenvalue weighted by molar-refractivity contribution is 5.88. The second-order valence-electron chi connectivity index (χ2n) is 7.37. The highest BCUT2D eigenvalue weighted by Gasteiger charge is 2.13. The maximum Gasteiger partial charge on any atom is 0.222 e. The summed E-state index contributed by atoms with van der Waals surface area (Å²) < 4.78 is 19.0. The van der Waals surface area contributed by atoms with Crippen molar-refractivity contribution >= 4 is 42.2 Å². The first-order valence-corrected chi connectivity index (χ1v) is 10.0. The first-order valence-electron chi connectivity index (χ1n) is 10.0. The molecule has 0 saturated carbocycles. The molecule has 32 heavy (non-hydrogen) atoms. The highest BCUT2D eigenvalue weighted by Crippen LogP contribution is 2.27. The van der Waals surface area contributed by atoms with Crippen molar-refractivity contribution in [2.24, 2.45) is 0 Å². The Morgan fingerprint density at radius 3 is 2.44 bits per heavy atom. The number of carbonyl (C=O) groups excluding carboxylic acids is 1. The maximum absolute atomic E-state index is 13.6. The predicted molar refractivity (Wildman–Crippen MR) is 131 cm³/mol. The van der Waals surface area contributed by atoms with E-state index in [4.69, 9.17) is 4.74 Å². The van der Waals surface area contributed by atoms with Crippen LogP contribution in [-0.2, 0) is 16.0 Å². The van der Waals surface area contributed by atoms with Gasteiger partial charge in [0.15, 0.2) is 0 Å². The number of carbonyl (C=O) groups is 1. The average molecular weight is 478 g/mol. The Labute approximate surface area is 199 Å². The van der Waals surface area contributed by atoms with Gasteiger partial charge < -0.3 is 15.0 Å². The minimum atomic E-state index is -0.281. The lowest BCUT2D eigenvalue weighted by atomic mass is 10.0. The summed E-state index contributed by atoms with van der Waals surface area (Å²) in [5.74, 6) is 0.0300. The van der Waals surface area contributed by atoms with Crippen molar-refractivity contribution in [1.82, 2.24) is 4.98 Å². The molecule has 1 fully saturated rings. The van der Waals surface area contributed by atoms with Crippen LogP contribution in [0.3, 0.4) is 0 Å². The van der Waals surface area contributed by atoms with Crippen molar-refractivity contribution in [1.29, 1.82) is 0 Å². The molecule has 1 N–H and O–H groups in total. The average Bonchev–Trinajstić information content (AvgIpc) is 2.75. The zero-order valence-electron chi connectivity index (χ0n) is 17.7. The van der Waals surface area contributed by atoms with Gasteiger partial charge in [0.05, 0.1) is 13.2 Å². The van der Waals surface area contributed by atoms with E-state index in [0.717, 1.165) is 48.6 Å². The Morgan fingerprint density at radius 1 is 1.06 bits per heavy atom. The van der Waals surface area contributed by atoms with Crippen molar-refractivity contribution in [2.45, 2.75) is 13.3 Å². The van der Waals surface area contributed by atoms with E-state index >= 15 is 0 Å². The summed E-state index contributed by atoms with van der Waals surface area (Å²) in [7, 11) is 0. The number of benzene rings is 2. The Morgan fingerprint density at radius 2 is 1.78 bits per heavy atom. The molecule has 2 heterocycles. The van der Waals surface area contributed by atoms with Gasteiger partial charge >= 0.3 is 0 Å². The standard InChI is InChI=1S/C24H24FN3O2.2ClH/c1-17(29)27-24-20(13-18-3-2-4-22(25)14-18)15-21(16-26-24)19-5-7-23(8-6-19)28-9-11-30-12-10-28;;/h2-8,14-16H,9-13H2,1H3,(H,26,27,29);2*1H. The van der Waals surface area contributed by atoms with E-state index < -0.39 is 0 Å². The number of hydrogen-bond acceptors (Lipinski definition) is 4. The number of nitrogens with zero attached hydrogens (tertiary/aromatic N) is 2. The third-order valence-corrected chi connectivity index (χ3v) is 5.12. The molecule has 0 atom stereocenters. The van der Waals surface area contributed by atoms with Gasteiger partial charge in [-0.15, -0.1) is 24.8 Å². The lowest BCUT2D eigenvalue weighted by Crippen LogP contribution is -2.36. The van der Waals surface area contributed by atoms with Gasteiger partial charge in [-0.05, 0) is 47.0 Å². The van der Waals surface area contributed by atoms with Crippen molar-refractivity contribution in [3.05, 3.63) is 77.7 Å². The normalized spacial score (nSPS) is 13.0. The lowest BCUT2D eigenvalue weighted by molar-refractivity contribution is -0.114. The van der Waals surface area contributed by atoms with Crippen molar-refractivity contribution < 1.29 is 13.9 Å². The Balaban J connectivity index is 0.00000181. The highest BCUT2D eigenvalue weighted by atomic mass is 35.5. The maximum atomic E-state index is 13.6. The van der Waals surface area contributed by atoms with Crippen LogP contribution < -0.4 is 10.2 Å². The van der Waals surface area contributed by atoms with E-state index in [1.807, 2.05) is 12.1 Å². The minimum Gasteiger partial charge on any atom is -0.378 e. The molecule has 0 aliphatic carbocycles. The van der Waals surface area contributed by atoms with Crippen molar-refractivity contribution in [3.63, 3.8) is 0 Å². The number of hydrogen-bond donors (Lipinski definition) is 1. The first-order chi connectivity index (χ1) is 14.6. The zero-order valence-corrected chi connectivity index (χ0v) is 19.3. The number of nitrogens with one attached hydrogen (secondary N) is 1. The van der Waals surface area contributed by atoms with Crippen molar-refractivity contribution in [2.75, 3.05) is 36.5 Å². The fourth-order valence-corrected chi connectivity index (χ4v) is 3.64. The molecule has 1 aliphatic rings. The van der Waals surface area contributed by atoms with Gasteiger partial charge in [0.1, 0.15) is 11.6 Å². The van der Waals surface area contributed by atoms with Crippen LogP contribution in [0.25, 0.3) is 11.1 Å². The quantitative estimate of drug-likeness (QED) is 0.554. The first kappa shape index (κ1) is 25.6. The van der Waals surface area contributed by atoms with Gasteiger partial charge in [-0.25, -0.2) is 9.37 Å². The molecule has 0 unspecified atom stereocenters. The van der Waals surface area contributed by atoms with Crippen LogP contribution in [0.2, 0.25) is 0 Å². The third kappa shape index (κ3) is 6.42. The summed E-state index contributed by atoms with van der Waals surface area (Å²) in [6.45, 7) is 4.74. The molecule has 1 aliphatic heterocycles. The molecule has 0 bridgehead atoms. The van der Waals surface area contributed by atoms with Crippen LogP contribution >= 0.6 is 24.8 Å². The topological polar surface area (TPSA) is 54.5 Å². The van der Waals surface area contributed by atoms with E-state index in [2.05, 4.69) is 39.5 Å². The smallest absolute Gasteiger partial charge is 0.222 e. The fraction of sp³-hybridized carbons (Fsp3) is 0.250. The molecule has 1 amide bonds. The number of ether oxygens (including phenoxy) is 1. The summed E-state index contributed by atoms with van der Waals surface area (Å²) in [5, 5.41) is 2.78. The summed E-state index contributed by atoms with van der Waals surface area (Å²) in [4.78, 5) is 18.4. The van der Waals surface area contributed by atoms with Gasteiger partial charge in [0.2, 0.25) is 5.91 Å². The van der Waals surface area contributed by atoms with Gasteiger partial charge in [-0.2, -0.15) is 0 Å². The molecule has 4 rings (SSSR count). The van der Waals surface area contributed by atoms with Crippen molar-refractivity contribution in [3.8, 4) is 11.1 Å². The largest absolute Gasteiger partial charge is 0.378 e. The molecule has 3 aromatic rings. The van der Waals surface area contributed by atoms with E-state index in [0.29, 0.717) is 12.2 Å². The monoisotopic (exact) mass is 477 g/mol. The molecular formula is C24H26Cl2FN3O2. The number of pyridine rings is 1. The molecule has 1 aromatic heterocycles. The molecule has 0 radical (unpaired) electrons. The van der Waals surface area contributed by atoms with Crippen LogP contribution in [0.5, 0.6) is 0 Å². The third-order valence-electron chi connectivity index (χ3n) is 5.12. The van der Waals surface area contributed by atoms with Crippen LogP contribution in [-0.4, -0.2) is 37.2 Å². The van der Waals surface area contributed by atoms with E-state index in [1.165, 1.54) is 24.7 Å². The second kappa shape index (κ2) is 11.8. The summed E-state index contributed by atoms with van der Waals surface area (Å²) in [6, 6.07) is 16.8. The van der Waals surface area contributed by atoms with Crippen LogP contribution in [0, 0.1) is 5.82 Å². The Bertz CT molecular complexity index is 1040.